The first kappa shape index (κ1) is 13.9. The average Bonchev–Trinajstić information content (AvgIpc) is 2.44. The molecule has 0 amide bonds. The monoisotopic (exact) mass is 294 g/mol. The molecule has 19 heavy (non-hydrogen) atoms. The number of hydrogen-bond donors (Lipinski definition) is 0. The van der Waals surface area contributed by atoms with Crippen LogP contribution in [0.4, 0.5) is 0 Å². The largest absolute Gasteiger partial charge is 0.481 e. The molecule has 0 fully saturated rings. The van der Waals surface area contributed by atoms with Crippen molar-refractivity contribution < 1.29 is 9.53 Å². The molecule has 0 radical (unpaired) electrons. The van der Waals surface area contributed by atoms with Gasteiger partial charge >= 0.3 is 0 Å². The predicted octanol–water partition coefficient (Wildman–Crippen LogP) is 4.64. The third-order valence-corrected chi connectivity index (χ3v) is 3.45. The number of carbonyl (C=O) groups is 1. The van der Waals surface area contributed by atoms with Crippen molar-refractivity contribution in [2.24, 2.45) is 0 Å². The second-order valence-electron chi connectivity index (χ2n) is 4.04. The highest BCUT2D eigenvalue weighted by Crippen LogP contribution is 2.32. The van der Waals surface area contributed by atoms with Crippen LogP contribution in [-0.4, -0.2) is 11.9 Å². The van der Waals surface area contributed by atoms with Crippen molar-refractivity contribution in [1.82, 2.24) is 0 Å². The highest BCUT2D eigenvalue weighted by molar-refractivity contribution is 6.42. The first-order valence-corrected chi connectivity index (χ1v) is 6.55. The van der Waals surface area contributed by atoms with Gasteiger partial charge in [-0.05, 0) is 19.1 Å². The molecule has 0 N–H and O–H groups in total. The van der Waals surface area contributed by atoms with Crippen molar-refractivity contribution in [2.75, 3.05) is 0 Å². The van der Waals surface area contributed by atoms with Crippen molar-refractivity contribution in [2.45, 2.75) is 13.0 Å². The van der Waals surface area contributed by atoms with E-state index < -0.39 is 6.10 Å². The van der Waals surface area contributed by atoms with E-state index >= 15 is 0 Å². The number of benzene rings is 2. The van der Waals surface area contributed by atoms with Crippen molar-refractivity contribution in [3.63, 3.8) is 0 Å². The van der Waals surface area contributed by atoms with E-state index in [0.717, 1.165) is 0 Å². The summed E-state index contributed by atoms with van der Waals surface area (Å²) in [6.07, 6.45) is -0.627. The van der Waals surface area contributed by atoms with Crippen molar-refractivity contribution in [3.05, 3.63) is 64.1 Å². The quantitative estimate of drug-likeness (QED) is 0.768. The lowest BCUT2D eigenvalue weighted by Crippen LogP contribution is -2.23. The second-order valence-corrected chi connectivity index (χ2v) is 4.83. The van der Waals surface area contributed by atoms with Gasteiger partial charge in [-0.1, -0.05) is 59.6 Å². The zero-order chi connectivity index (χ0) is 13.8. The Morgan fingerprint density at radius 2 is 1.74 bits per heavy atom. The standard InChI is InChI=1S/C15H12Cl2O2/c1-10(15(18)11-6-3-2-4-7-11)19-13-9-5-8-12(16)14(13)17/h2-10H,1H3/t10-/m1/s1. The number of carbonyl (C=O) groups excluding carboxylic acids is 1. The topological polar surface area (TPSA) is 26.3 Å². The summed E-state index contributed by atoms with van der Waals surface area (Å²) >= 11 is 11.9. The minimum Gasteiger partial charge on any atom is -0.481 e. The minimum absolute atomic E-state index is 0.100. The molecule has 0 saturated carbocycles. The number of ether oxygens (including phenoxy) is 1. The molecule has 4 heteroatoms. The molecule has 2 aromatic rings. The van der Waals surface area contributed by atoms with Gasteiger partial charge in [-0.3, -0.25) is 4.79 Å². The highest BCUT2D eigenvalue weighted by Gasteiger charge is 2.18. The third-order valence-electron chi connectivity index (χ3n) is 2.65. The summed E-state index contributed by atoms with van der Waals surface area (Å²) in [5, 5.41) is 0.718. The molecule has 0 aliphatic carbocycles. The van der Waals surface area contributed by atoms with E-state index in [1.807, 2.05) is 18.2 Å². The average molecular weight is 295 g/mol. The fourth-order valence-electron chi connectivity index (χ4n) is 1.66. The highest BCUT2D eigenvalue weighted by atomic mass is 35.5. The second kappa shape index (κ2) is 6.09. The molecule has 0 saturated heterocycles. The van der Waals surface area contributed by atoms with Crippen molar-refractivity contribution in [3.8, 4) is 5.75 Å². The Kier molecular flexibility index (Phi) is 4.46. The molecule has 0 spiro atoms. The number of halogens is 2. The van der Waals surface area contributed by atoms with E-state index in [0.29, 0.717) is 21.4 Å². The maximum absolute atomic E-state index is 12.1. The molecular formula is C15H12Cl2O2. The molecule has 0 heterocycles. The Balaban J connectivity index is 2.15. The zero-order valence-corrected chi connectivity index (χ0v) is 11.8. The van der Waals surface area contributed by atoms with Crippen LogP contribution in [-0.2, 0) is 0 Å². The smallest absolute Gasteiger partial charge is 0.202 e. The molecule has 0 aliphatic rings. The summed E-state index contributed by atoms with van der Waals surface area (Å²) in [5.41, 5.74) is 0.605. The lowest BCUT2D eigenvalue weighted by molar-refractivity contribution is 0.0818. The molecule has 2 aromatic carbocycles. The van der Waals surface area contributed by atoms with Crippen LogP contribution in [0, 0.1) is 0 Å². The summed E-state index contributed by atoms with van der Waals surface area (Å²) < 4.78 is 5.58. The Labute approximate surface area is 121 Å². The Morgan fingerprint density at radius 3 is 2.42 bits per heavy atom. The van der Waals surface area contributed by atoms with E-state index in [2.05, 4.69) is 0 Å². The molecule has 0 aliphatic heterocycles. The summed E-state index contributed by atoms with van der Waals surface area (Å²) in [4.78, 5) is 12.1. The first-order chi connectivity index (χ1) is 9.09. The first-order valence-electron chi connectivity index (χ1n) is 5.79. The predicted molar refractivity (Wildman–Crippen MR) is 77.3 cm³/mol. The van der Waals surface area contributed by atoms with Gasteiger partial charge in [0.05, 0.1) is 5.02 Å². The SMILES string of the molecule is C[C@@H](Oc1cccc(Cl)c1Cl)C(=O)c1ccccc1. The summed E-state index contributed by atoms with van der Waals surface area (Å²) in [7, 11) is 0. The van der Waals surface area contributed by atoms with Crippen LogP contribution in [0.15, 0.2) is 48.5 Å². The van der Waals surface area contributed by atoms with Crippen LogP contribution < -0.4 is 4.74 Å². The van der Waals surface area contributed by atoms with Crippen LogP contribution in [0.5, 0.6) is 5.75 Å². The molecule has 2 rings (SSSR count). The Morgan fingerprint density at radius 1 is 1.05 bits per heavy atom. The zero-order valence-electron chi connectivity index (χ0n) is 10.3. The van der Waals surface area contributed by atoms with Gasteiger partial charge in [0, 0.05) is 5.56 Å². The Bertz CT molecular complexity index is 582. The van der Waals surface area contributed by atoms with Crippen LogP contribution >= 0.6 is 23.2 Å². The van der Waals surface area contributed by atoms with E-state index in [1.165, 1.54) is 0 Å². The maximum Gasteiger partial charge on any atom is 0.202 e. The molecule has 0 unspecified atom stereocenters. The number of rotatable bonds is 4. The van der Waals surface area contributed by atoms with Gasteiger partial charge in [-0.2, -0.15) is 0 Å². The fraction of sp³-hybridized carbons (Fsp3) is 0.133. The van der Waals surface area contributed by atoms with E-state index in [9.17, 15) is 4.79 Å². The molecule has 1 atom stereocenters. The van der Waals surface area contributed by atoms with Crippen LogP contribution in [0.2, 0.25) is 10.0 Å². The van der Waals surface area contributed by atoms with Gasteiger partial charge < -0.3 is 4.74 Å². The molecule has 2 nitrogen and oxygen atoms in total. The number of hydrogen-bond acceptors (Lipinski definition) is 2. The summed E-state index contributed by atoms with van der Waals surface area (Å²) in [6.45, 7) is 1.69. The number of Topliss-reactive ketones (excluding diaryl/α,β-unsaturated/α-hetero) is 1. The molecular weight excluding hydrogens is 283 g/mol. The van der Waals surface area contributed by atoms with Gasteiger partial charge in [0.25, 0.3) is 0 Å². The maximum atomic E-state index is 12.1. The number of ketones is 1. The van der Waals surface area contributed by atoms with Gasteiger partial charge in [0.15, 0.2) is 6.10 Å². The van der Waals surface area contributed by atoms with Crippen LogP contribution in [0.25, 0.3) is 0 Å². The lowest BCUT2D eigenvalue weighted by Gasteiger charge is -2.15. The summed E-state index contributed by atoms with van der Waals surface area (Å²) in [5.74, 6) is 0.308. The summed E-state index contributed by atoms with van der Waals surface area (Å²) in [6, 6.07) is 14.1. The van der Waals surface area contributed by atoms with E-state index in [1.54, 1.807) is 37.3 Å². The van der Waals surface area contributed by atoms with Gasteiger partial charge in [-0.25, -0.2) is 0 Å². The van der Waals surface area contributed by atoms with Gasteiger partial charge in [0.2, 0.25) is 5.78 Å². The third kappa shape index (κ3) is 3.28. The molecule has 0 aromatic heterocycles. The van der Waals surface area contributed by atoms with Crippen LogP contribution in [0.3, 0.4) is 0 Å². The fourth-order valence-corrected chi connectivity index (χ4v) is 1.99. The Hall–Kier alpha value is -1.51. The van der Waals surface area contributed by atoms with E-state index in [4.69, 9.17) is 27.9 Å². The lowest BCUT2D eigenvalue weighted by atomic mass is 10.1. The van der Waals surface area contributed by atoms with Gasteiger partial charge in [-0.15, -0.1) is 0 Å². The minimum atomic E-state index is -0.627. The van der Waals surface area contributed by atoms with E-state index in [-0.39, 0.29) is 5.78 Å². The van der Waals surface area contributed by atoms with Crippen molar-refractivity contribution in [1.29, 1.82) is 0 Å². The van der Waals surface area contributed by atoms with Crippen molar-refractivity contribution >= 4 is 29.0 Å². The normalized spacial score (nSPS) is 11.9. The molecule has 0 bridgehead atoms. The molecule has 98 valence electrons. The van der Waals surface area contributed by atoms with Gasteiger partial charge in [0.1, 0.15) is 10.8 Å². The van der Waals surface area contributed by atoms with Crippen LogP contribution in [0.1, 0.15) is 17.3 Å².